The van der Waals surface area contributed by atoms with Crippen LogP contribution in [0.25, 0.3) is 16.7 Å². The van der Waals surface area contributed by atoms with Crippen molar-refractivity contribution < 1.29 is 9.53 Å². The highest BCUT2D eigenvalue weighted by Gasteiger charge is 2.29. The summed E-state index contributed by atoms with van der Waals surface area (Å²) in [4.78, 5) is 23.1. The Labute approximate surface area is 181 Å². The second kappa shape index (κ2) is 7.91. The van der Waals surface area contributed by atoms with Gasteiger partial charge in [-0.15, -0.1) is 0 Å². The summed E-state index contributed by atoms with van der Waals surface area (Å²) in [6, 6.07) is 5.93. The summed E-state index contributed by atoms with van der Waals surface area (Å²) < 4.78 is 7.61. The minimum absolute atomic E-state index is 0.235. The second-order valence-electron chi connectivity index (χ2n) is 8.91. The van der Waals surface area contributed by atoms with Gasteiger partial charge in [-0.2, -0.15) is 0 Å². The van der Waals surface area contributed by atoms with Gasteiger partial charge >= 0.3 is 6.09 Å². The average molecular weight is 427 g/mol. The van der Waals surface area contributed by atoms with E-state index in [2.05, 4.69) is 33.7 Å². The topological polar surface area (TPSA) is 60.2 Å². The van der Waals surface area contributed by atoms with Crippen molar-refractivity contribution in [3.63, 3.8) is 0 Å². The zero-order valence-corrected chi connectivity index (χ0v) is 18.6. The van der Waals surface area contributed by atoms with E-state index in [1.807, 2.05) is 45.3 Å². The summed E-state index contributed by atoms with van der Waals surface area (Å²) in [5.41, 5.74) is 2.89. The van der Waals surface area contributed by atoms with E-state index in [4.69, 9.17) is 16.3 Å². The summed E-state index contributed by atoms with van der Waals surface area (Å²) >= 11 is 6.21. The number of halogens is 1. The summed E-state index contributed by atoms with van der Waals surface area (Å²) in [6.07, 6.45) is 7.33. The number of fused-ring (bicyclic) bond motifs is 1. The number of aryl methyl sites for hydroxylation is 1. The van der Waals surface area contributed by atoms with Crippen LogP contribution in [0.15, 0.2) is 36.8 Å². The van der Waals surface area contributed by atoms with Gasteiger partial charge < -0.3 is 14.2 Å². The van der Waals surface area contributed by atoms with Crippen molar-refractivity contribution in [3.05, 3.63) is 53.1 Å². The lowest BCUT2D eigenvalue weighted by atomic mass is 9.90. The van der Waals surface area contributed by atoms with Gasteiger partial charge in [0.1, 0.15) is 16.6 Å². The van der Waals surface area contributed by atoms with E-state index in [1.54, 1.807) is 4.90 Å². The Balaban J connectivity index is 1.62. The number of pyridine rings is 2. The zero-order chi connectivity index (χ0) is 21.5. The van der Waals surface area contributed by atoms with Gasteiger partial charge in [-0.1, -0.05) is 11.6 Å². The van der Waals surface area contributed by atoms with Crippen LogP contribution in [0, 0.1) is 6.92 Å². The van der Waals surface area contributed by atoms with Crippen molar-refractivity contribution in [1.82, 2.24) is 19.4 Å². The van der Waals surface area contributed by atoms with E-state index in [0.29, 0.717) is 24.2 Å². The quantitative estimate of drug-likeness (QED) is 0.508. The van der Waals surface area contributed by atoms with Crippen molar-refractivity contribution in [1.29, 1.82) is 0 Å². The number of carbonyl (C=O) groups is 1. The van der Waals surface area contributed by atoms with Gasteiger partial charge in [0.25, 0.3) is 0 Å². The van der Waals surface area contributed by atoms with Gasteiger partial charge in [-0.3, -0.25) is 0 Å². The summed E-state index contributed by atoms with van der Waals surface area (Å²) in [7, 11) is 0. The molecule has 0 atom stereocenters. The van der Waals surface area contributed by atoms with Gasteiger partial charge in [0.15, 0.2) is 0 Å². The van der Waals surface area contributed by atoms with E-state index < -0.39 is 5.60 Å². The maximum atomic E-state index is 12.4. The molecule has 0 N–H and O–H groups in total. The third-order valence-electron chi connectivity index (χ3n) is 5.42. The average Bonchev–Trinajstić information content (AvgIpc) is 3.05. The second-order valence-corrected chi connectivity index (χ2v) is 9.30. The highest BCUT2D eigenvalue weighted by atomic mass is 35.5. The fourth-order valence-electron chi connectivity index (χ4n) is 3.99. The number of rotatable bonds is 2. The molecule has 1 amide bonds. The molecule has 0 unspecified atom stereocenters. The Kier molecular flexibility index (Phi) is 5.45. The van der Waals surface area contributed by atoms with Crippen LogP contribution in [-0.2, 0) is 4.74 Å². The lowest BCUT2D eigenvalue weighted by Gasteiger charge is -2.33. The zero-order valence-electron chi connectivity index (χ0n) is 17.9. The molecule has 1 aliphatic heterocycles. The van der Waals surface area contributed by atoms with Crippen molar-refractivity contribution in [2.45, 2.75) is 52.1 Å². The molecule has 30 heavy (non-hydrogen) atoms. The molecule has 4 rings (SSSR count). The van der Waals surface area contributed by atoms with Crippen LogP contribution in [0.1, 0.15) is 50.7 Å². The fraction of sp³-hybridized carbons (Fsp3) is 0.435. The Hall–Kier alpha value is -2.60. The molecule has 3 aromatic rings. The minimum atomic E-state index is -0.479. The molecule has 158 valence electrons. The van der Waals surface area contributed by atoms with Gasteiger partial charge in [0.2, 0.25) is 0 Å². The number of aromatic nitrogens is 3. The molecule has 1 aliphatic rings. The first-order valence-electron chi connectivity index (χ1n) is 10.3. The number of hydrogen-bond donors (Lipinski definition) is 0. The minimum Gasteiger partial charge on any atom is -0.444 e. The Morgan fingerprint density at radius 2 is 1.93 bits per heavy atom. The SMILES string of the molecule is Cc1ccnc(-n2cc(C3CCN(C(=O)OC(C)(C)C)CC3)c3cnc(Cl)cc32)c1. The first kappa shape index (κ1) is 20.7. The molecule has 0 spiro atoms. The fourth-order valence-corrected chi connectivity index (χ4v) is 4.14. The number of ether oxygens (including phenoxy) is 1. The highest BCUT2D eigenvalue weighted by Crippen LogP contribution is 2.36. The third kappa shape index (κ3) is 4.29. The lowest BCUT2D eigenvalue weighted by Crippen LogP contribution is -2.41. The van der Waals surface area contributed by atoms with Gasteiger partial charge in [-0.25, -0.2) is 14.8 Å². The molecular formula is C23H27ClN4O2. The predicted molar refractivity (Wildman–Crippen MR) is 118 cm³/mol. The molecule has 3 aromatic heterocycles. The molecule has 0 bridgehead atoms. The molecule has 4 heterocycles. The summed E-state index contributed by atoms with van der Waals surface area (Å²) in [6.45, 7) is 9.09. The molecule has 0 saturated carbocycles. The highest BCUT2D eigenvalue weighted by molar-refractivity contribution is 6.30. The first-order chi connectivity index (χ1) is 14.2. The Morgan fingerprint density at radius 3 is 2.60 bits per heavy atom. The van der Waals surface area contributed by atoms with Crippen LogP contribution in [0.5, 0.6) is 0 Å². The largest absolute Gasteiger partial charge is 0.444 e. The normalized spacial score (nSPS) is 15.6. The molecule has 0 radical (unpaired) electrons. The molecule has 7 heteroatoms. The predicted octanol–water partition coefficient (Wildman–Crippen LogP) is 5.50. The van der Waals surface area contributed by atoms with Crippen LogP contribution in [0.2, 0.25) is 5.15 Å². The van der Waals surface area contributed by atoms with Crippen molar-refractivity contribution in [3.8, 4) is 5.82 Å². The Bertz CT molecular complexity index is 1080. The van der Waals surface area contributed by atoms with Crippen LogP contribution >= 0.6 is 11.6 Å². The molecule has 0 aromatic carbocycles. The first-order valence-corrected chi connectivity index (χ1v) is 10.7. The van der Waals surface area contributed by atoms with E-state index >= 15 is 0 Å². The maximum absolute atomic E-state index is 12.4. The third-order valence-corrected chi connectivity index (χ3v) is 5.63. The van der Waals surface area contributed by atoms with Crippen LogP contribution in [0.3, 0.4) is 0 Å². The Morgan fingerprint density at radius 1 is 1.20 bits per heavy atom. The molecular weight excluding hydrogens is 400 g/mol. The van der Waals surface area contributed by atoms with Crippen LogP contribution in [0.4, 0.5) is 4.79 Å². The van der Waals surface area contributed by atoms with Crippen LogP contribution < -0.4 is 0 Å². The molecule has 1 saturated heterocycles. The number of nitrogens with zero attached hydrogens (tertiary/aromatic N) is 4. The number of hydrogen-bond acceptors (Lipinski definition) is 4. The van der Waals surface area contributed by atoms with Crippen molar-refractivity contribution in [2.24, 2.45) is 0 Å². The van der Waals surface area contributed by atoms with Gasteiger partial charge in [0, 0.05) is 43.1 Å². The molecule has 0 aliphatic carbocycles. The molecule has 6 nitrogen and oxygen atoms in total. The monoisotopic (exact) mass is 426 g/mol. The standard InChI is InChI=1S/C23H27ClN4O2/c1-15-5-8-25-21(11-15)28-14-18(17-13-26-20(24)12-19(17)28)16-6-9-27(10-7-16)22(29)30-23(2,3)4/h5,8,11-14,16H,6-7,9-10H2,1-4H3. The number of piperidine rings is 1. The lowest BCUT2D eigenvalue weighted by molar-refractivity contribution is 0.0205. The summed E-state index contributed by atoms with van der Waals surface area (Å²) in [5, 5.41) is 1.54. The van der Waals surface area contributed by atoms with Crippen LogP contribution in [-0.4, -0.2) is 44.2 Å². The van der Waals surface area contributed by atoms with Gasteiger partial charge in [-0.05, 0) is 69.7 Å². The van der Waals surface area contributed by atoms with Crippen molar-refractivity contribution in [2.75, 3.05) is 13.1 Å². The van der Waals surface area contributed by atoms with E-state index in [-0.39, 0.29) is 6.09 Å². The summed E-state index contributed by atoms with van der Waals surface area (Å²) in [5.74, 6) is 1.19. The number of carbonyl (C=O) groups excluding carboxylic acids is 1. The van der Waals surface area contributed by atoms with E-state index in [9.17, 15) is 4.79 Å². The van der Waals surface area contributed by atoms with Gasteiger partial charge in [0.05, 0.1) is 5.52 Å². The smallest absolute Gasteiger partial charge is 0.410 e. The number of amides is 1. The van der Waals surface area contributed by atoms with Crippen molar-refractivity contribution >= 4 is 28.6 Å². The van der Waals surface area contributed by atoms with E-state index in [0.717, 1.165) is 35.1 Å². The van der Waals surface area contributed by atoms with E-state index in [1.165, 1.54) is 5.56 Å². The molecule has 1 fully saturated rings. The maximum Gasteiger partial charge on any atom is 0.410 e. The number of likely N-dealkylation sites (tertiary alicyclic amines) is 1.